The number of rotatable bonds is 12. The highest BCUT2D eigenvalue weighted by Crippen LogP contribution is 2.24. The summed E-state index contributed by atoms with van der Waals surface area (Å²) in [5, 5.41) is 13.9. The molecule has 0 radical (unpaired) electrons. The first-order chi connectivity index (χ1) is 9.38. The number of hydrogen-bond donors (Lipinski definition) is 4. The van der Waals surface area contributed by atoms with E-state index < -0.39 is 0 Å². The molecule has 2 atom stereocenters. The van der Waals surface area contributed by atoms with Crippen LogP contribution in [0.25, 0.3) is 0 Å². The lowest BCUT2D eigenvalue weighted by Gasteiger charge is -2.21. The summed E-state index contributed by atoms with van der Waals surface area (Å²) >= 11 is 0. The van der Waals surface area contributed by atoms with E-state index in [1.807, 2.05) is 7.05 Å². The average molecular weight is 416 g/mol. The molecule has 2 unspecified atom stereocenters. The Balaban J connectivity index is -0.000000451. The predicted octanol–water partition coefficient (Wildman–Crippen LogP) is 2.63. The lowest BCUT2D eigenvalue weighted by molar-refractivity contribution is 0.377. The molecular formula is C15H38Cl4N4. The van der Waals surface area contributed by atoms with Crippen molar-refractivity contribution in [3.63, 3.8) is 0 Å². The van der Waals surface area contributed by atoms with E-state index in [0.717, 1.165) is 44.7 Å². The van der Waals surface area contributed by atoms with Crippen molar-refractivity contribution in [3.8, 4) is 0 Å². The fourth-order valence-corrected chi connectivity index (χ4v) is 2.91. The zero-order chi connectivity index (χ0) is 13.8. The first kappa shape index (κ1) is 31.7. The molecular weight excluding hydrogens is 378 g/mol. The van der Waals surface area contributed by atoms with E-state index >= 15 is 0 Å². The lowest BCUT2D eigenvalue weighted by Crippen LogP contribution is -2.39. The van der Waals surface area contributed by atoms with Crippen molar-refractivity contribution in [2.24, 2.45) is 5.92 Å². The minimum Gasteiger partial charge on any atom is -0.320 e. The molecule has 0 amide bonds. The summed E-state index contributed by atoms with van der Waals surface area (Å²) in [5.41, 5.74) is 0. The Kier molecular flexibility index (Phi) is 31.7. The summed E-state index contributed by atoms with van der Waals surface area (Å²) in [6, 6.07) is 0.749. The normalized spacial score (nSPS) is 19.0. The average Bonchev–Trinajstić information content (AvgIpc) is 2.86. The van der Waals surface area contributed by atoms with E-state index in [1.54, 1.807) is 0 Å². The summed E-state index contributed by atoms with van der Waals surface area (Å²) in [6.07, 6.45) is 6.62. The standard InChI is InChI=1S/C15H34N4.4ClH/c1-3-17-10-6-12-19-15-8-4-7-14(15)13-18-11-5-9-16-2;;;;/h14-19H,3-13H2,1-2H3;4*1H. The van der Waals surface area contributed by atoms with Crippen molar-refractivity contribution >= 4 is 49.6 Å². The summed E-state index contributed by atoms with van der Waals surface area (Å²) in [5.74, 6) is 0.841. The van der Waals surface area contributed by atoms with Crippen LogP contribution >= 0.6 is 49.6 Å². The molecule has 4 N–H and O–H groups in total. The first-order valence-electron chi connectivity index (χ1n) is 8.18. The summed E-state index contributed by atoms with van der Waals surface area (Å²) < 4.78 is 0. The van der Waals surface area contributed by atoms with Crippen molar-refractivity contribution in [2.75, 3.05) is 46.3 Å². The second-order valence-electron chi connectivity index (χ2n) is 5.62. The fourth-order valence-electron chi connectivity index (χ4n) is 2.91. The predicted molar refractivity (Wildman–Crippen MR) is 113 cm³/mol. The second-order valence-corrected chi connectivity index (χ2v) is 5.62. The third-order valence-corrected chi connectivity index (χ3v) is 4.03. The van der Waals surface area contributed by atoms with Crippen molar-refractivity contribution in [1.29, 1.82) is 0 Å². The molecule has 146 valence electrons. The molecule has 0 bridgehead atoms. The molecule has 0 aromatic heterocycles. The molecule has 0 aromatic carbocycles. The highest BCUT2D eigenvalue weighted by atomic mass is 35.5. The Labute approximate surface area is 168 Å². The zero-order valence-electron chi connectivity index (χ0n) is 14.6. The minimum atomic E-state index is 0. The number of nitrogens with one attached hydrogen (secondary N) is 4. The largest absolute Gasteiger partial charge is 0.320 e. The van der Waals surface area contributed by atoms with Crippen LogP contribution in [-0.4, -0.2) is 52.4 Å². The smallest absolute Gasteiger partial charge is 0.0107 e. The molecule has 1 fully saturated rings. The zero-order valence-corrected chi connectivity index (χ0v) is 17.8. The van der Waals surface area contributed by atoms with Gasteiger partial charge in [-0.2, -0.15) is 0 Å². The topological polar surface area (TPSA) is 48.1 Å². The van der Waals surface area contributed by atoms with Crippen LogP contribution in [0.2, 0.25) is 0 Å². The molecule has 0 heterocycles. The summed E-state index contributed by atoms with van der Waals surface area (Å²) in [4.78, 5) is 0. The molecule has 1 rings (SSSR count). The van der Waals surface area contributed by atoms with Gasteiger partial charge in [-0.1, -0.05) is 13.3 Å². The third kappa shape index (κ3) is 16.2. The summed E-state index contributed by atoms with van der Waals surface area (Å²) in [7, 11) is 2.02. The fraction of sp³-hybridized carbons (Fsp3) is 1.00. The molecule has 0 saturated heterocycles. The van der Waals surface area contributed by atoms with Gasteiger partial charge in [0.1, 0.15) is 0 Å². The molecule has 23 heavy (non-hydrogen) atoms. The van der Waals surface area contributed by atoms with Crippen LogP contribution in [0.5, 0.6) is 0 Å². The van der Waals surface area contributed by atoms with Crippen molar-refractivity contribution in [3.05, 3.63) is 0 Å². The van der Waals surface area contributed by atoms with Crippen LogP contribution in [0.15, 0.2) is 0 Å². The molecule has 8 heteroatoms. The molecule has 1 saturated carbocycles. The van der Waals surface area contributed by atoms with E-state index in [9.17, 15) is 0 Å². The Morgan fingerprint density at radius 2 is 1.48 bits per heavy atom. The van der Waals surface area contributed by atoms with Crippen LogP contribution in [-0.2, 0) is 0 Å². The van der Waals surface area contributed by atoms with Crippen LogP contribution < -0.4 is 21.3 Å². The van der Waals surface area contributed by atoms with E-state index in [2.05, 4.69) is 28.2 Å². The van der Waals surface area contributed by atoms with E-state index in [1.165, 1.54) is 38.6 Å². The molecule has 1 aliphatic rings. The van der Waals surface area contributed by atoms with E-state index in [-0.39, 0.29) is 49.6 Å². The quantitative estimate of drug-likeness (QED) is 0.370. The van der Waals surface area contributed by atoms with Gasteiger partial charge in [0.2, 0.25) is 0 Å². The molecule has 0 spiro atoms. The van der Waals surface area contributed by atoms with E-state index in [4.69, 9.17) is 0 Å². The van der Waals surface area contributed by atoms with Gasteiger partial charge in [0.15, 0.2) is 0 Å². The molecule has 0 aromatic rings. The van der Waals surface area contributed by atoms with Crippen molar-refractivity contribution < 1.29 is 0 Å². The van der Waals surface area contributed by atoms with Crippen LogP contribution in [0, 0.1) is 5.92 Å². The Hall–Kier alpha value is 1.00. The van der Waals surface area contributed by atoms with Crippen LogP contribution in [0.1, 0.15) is 39.0 Å². The maximum Gasteiger partial charge on any atom is 0.0107 e. The van der Waals surface area contributed by atoms with Gasteiger partial charge < -0.3 is 21.3 Å². The van der Waals surface area contributed by atoms with Gasteiger partial charge in [-0.15, -0.1) is 49.6 Å². The Morgan fingerprint density at radius 1 is 0.826 bits per heavy atom. The van der Waals surface area contributed by atoms with Gasteiger partial charge in [0.05, 0.1) is 0 Å². The summed E-state index contributed by atoms with van der Waals surface area (Å²) in [6.45, 7) is 9.00. The molecule has 0 aliphatic heterocycles. The Morgan fingerprint density at radius 3 is 2.13 bits per heavy atom. The van der Waals surface area contributed by atoms with Gasteiger partial charge in [-0.25, -0.2) is 0 Å². The molecule has 4 nitrogen and oxygen atoms in total. The van der Waals surface area contributed by atoms with Crippen molar-refractivity contribution in [1.82, 2.24) is 21.3 Å². The third-order valence-electron chi connectivity index (χ3n) is 4.03. The van der Waals surface area contributed by atoms with Crippen LogP contribution in [0.3, 0.4) is 0 Å². The number of hydrogen-bond acceptors (Lipinski definition) is 4. The monoisotopic (exact) mass is 414 g/mol. The van der Waals surface area contributed by atoms with Gasteiger partial charge in [0.25, 0.3) is 0 Å². The SMILES string of the molecule is CCNCCCNC1CCCC1CNCCCNC.Cl.Cl.Cl.Cl. The highest BCUT2D eigenvalue weighted by molar-refractivity contribution is 5.86. The van der Waals surface area contributed by atoms with Crippen molar-refractivity contribution in [2.45, 2.75) is 45.1 Å². The lowest BCUT2D eigenvalue weighted by atomic mass is 10.0. The van der Waals surface area contributed by atoms with Gasteiger partial charge in [-0.05, 0) is 77.9 Å². The van der Waals surface area contributed by atoms with Crippen LogP contribution in [0.4, 0.5) is 0 Å². The van der Waals surface area contributed by atoms with E-state index in [0.29, 0.717) is 0 Å². The maximum absolute atomic E-state index is 3.75. The van der Waals surface area contributed by atoms with Gasteiger partial charge in [0, 0.05) is 6.04 Å². The highest BCUT2D eigenvalue weighted by Gasteiger charge is 2.25. The van der Waals surface area contributed by atoms with Gasteiger partial charge in [-0.3, -0.25) is 0 Å². The second kappa shape index (κ2) is 23.0. The first-order valence-corrected chi connectivity index (χ1v) is 8.18. The Bertz CT molecular complexity index is 194. The maximum atomic E-state index is 3.75. The molecule has 1 aliphatic carbocycles. The number of halogens is 4. The minimum absolute atomic E-state index is 0. The van der Waals surface area contributed by atoms with Gasteiger partial charge >= 0.3 is 0 Å².